The number of carbonyl (C=O) groups is 1. The van der Waals surface area contributed by atoms with Crippen molar-refractivity contribution in [2.45, 2.75) is 40.0 Å². The zero-order valence-electron chi connectivity index (χ0n) is 8.48. The number of rotatable bonds is 0. The number of hydrogen-bond acceptors (Lipinski definition) is 1. The number of allylic oxidation sites excluding steroid dienone is 2. The molecule has 70 valence electrons. The molecule has 0 heterocycles. The van der Waals surface area contributed by atoms with Crippen molar-refractivity contribution in [3.63, 3.8) is 0 Å². The smallest absolute Gasteiger partial charge is 0.162 e. The highest BCUT2D eigenvalue weighted by molar-refractivity contribution is 5.88. The Hall–Kier alpha value is -1.10. The van der Waals surface area contributed by atoms with Gasteiger partial charge in [0.05, 0.1) is 6.57 Å². The van der Waals surface area contributed by atoms with Crippen molar-refractivity contribution in [2.75, 3.05) is 0 Å². The maximum absolute atomic E-state index is 11.6. The number of nitrogens with zero attached hydrogens (tertiary/aromatic N) is 1. The van der Waals surface area contributed by atoms with E-state index in [1.807, 2.05) is 20.8 Å². The highest BCUT2D eigenvalue weighted by Crippen LogP contribution is 2.39. The topological polar surface area (TPSA) is 21.4 Å². The van der Waals surface area contributed by atoms with E-state index in [4.69, 9.17) is 6.57 Å². The molecule has 0 aromatic rings. The summed E-state index contributed by atoms with van der Waals surface area (Å²) in [4.78, 5) is 15.0. The van der Waals surface area contributed by atoms with E-state index in [0.717, 1.165) is 18.4 Å². The fourth-order valence-electron chi connectivity index (χ4n) is 1.92. The van der Waals surface area contributed by atoms with Crippen LogP contribution in [0.3, 0.4) is 0 Å². The summed E-state index contributed by atoms with van der Waals surface area (Å²) in [5, 5.41) is 0. The lowest BCUT2D eigenvalue weighted by molar-refractivity contribution is -0.126. The molecular formula is C11H15NO. The van der Waals surface area contributed by atoms with Gasteiger partial charge in [-0.1, -0.05) is 19.4 Å². The van der Waals surface area contributed by atoms with Gasteiger partial charge in [0.25, 0.3) is 0 Å². The van der Waals surface area contributed by atoms with Crippen molar-refractivity contribution in [3.05, 3.63) is 22.7 Å². The summed E-state index contributed by atoms with van der Waals surface area (Å²) >= 11 is 0. The van der Waals surface area contributed by atoms with Crippen LogP contribution in [0.4, 0.5) is 0 Å². The Morgan fingerprint density at radius 3 is 2.62 bits per heavy atom. The van der Waals surface area contributed by atoms with E-state index in [1.54, 1.807) is 0 Å². The van der Waals surface area contributed by atoms with Gasteiger partial charge in [0, 0.05) is 11.8 Å². The van der Waals surface area contributed by atoms with E-state index < -0.39 is 5.41 Å². The minimum atomic E-state index is -0.396. The Balaban J connectivity index is 3.13. The van der Waals surface area contributed by atoms with Gasteiger partial charge < -0.3 is 0 Å². The molecule has 1 rings (SSSR count). The number of carbonyl (C=O) groups excluding carboxylic acids is 1. The first-order valence-corrected chi connectivity index (χ1v) is 4.61. The number of Topliss-reactive ketones (excluding diaryl/α,β-unsaturated/α-hetero) is 1. The lowest BCUT2D eigenvalue weighted by Crippen LogP contribution is -2.30. The Bertz CT molecular complexity index is 305. The standard InChI is InChI=1S/C11H15NO/c1-8(12-4)9-6-5-7-10(13)11(9,2)3/h5-7H2,1-3H3/b9-8-. The molecule has 0 spiro atoms. The average Bonchev–Trinajstić information content (AvgIpc) is 2.08. The monoisotopic (exact) mass is 177 g/mol. The molecule has 0 bridgehead atoms. The Labute approximate surface area is 79.5 Å². The van der Waals surface area contributed by atoms with Crippen molar-refractivity contribution in [1.82, 2.24) is 0 Å². The third kappa shape index (κ3) is 1.65. The van der Waals surface area contributed by atoms with Gasteiger partial charge in [0.2, 0.25) is 0 Å². The van der Waals surface area contributed by atoms with Crippen molar-refractivity contribution < 1.29 is 4.79 Å². The van der Waals surface area contributed by atoms with Crippen LogP contribution in [0.1, 0.15) is 40.0 Å². The van der Waals surface area contributed by atoms with Gasteiger partial charge in [-0.25, -0.2) is 4.85 Å². The molecule has 2 heteroatoms. The Morgan fingerprint density at radius 2 is 2.08 bits per heavy atom. The first-order valence-electron chi connectivity index (χ1n) is 4.61. The molecule has 0 radical (unpaired) electrons. The van der Waals surface area contributed by atoms with Gasteiger partial charge in [0.1, 0.15) is 5.78 Å². The van der Waals surface area contributed by atoms with Crippen LogP contribution in [0.15, 0.2) is 11.3 Å². The summed E-state index contributed by atoms with van der Waals surface area (Å²) in [6.45, 7) is 12.6. The molecule has 0 aromatic heterocycles. The molecular weight excluding hydrogens is 162 g/mol. The lowest BCUT2D eigenvalue weighted by Gasteiger charge is -2.32. The maximum atomic E-state index is 11.6. The highest BCUT2D eigenvalue weighted by Gasteiger charge is 2.35. The second-order valence-electron chi connectivity index (χ2n) is 4.08. The molecule has 0 N–H and O–H groups in total. The summed E-state index contributed by atoms with van der Waals surface area (Å²) in [6, 6.07) is 0. The van der Waals surface area contributed by atoms with Gasteiger partial charge in [-0.15, -0.1) is 0 Å². The molecule has 0 amide bonds. The summed E-state index contributed by atoms with van der Waals surface area (Å²) < 4.78 is 0. The van der Waals surface area contributed by atoms with Gasteiger partial charge in [-0.3, -0.25) is 4.79 Å². The molecule has 1 fully saturated rings. The normalized spacial score (nSPS) is 25.2. The summed E-state index contributed by atoms with van der Waals surface area (Å²) in [5.74, 6) is 0.275. The van der Waals surface area contributed by atoms with E-state index in [2.05, 4.69) is 4.85 Å². The van der Waals surface area contributed by atoms with Gasteiger partial charge >= 0.3 is 0 Å². The molecule has 0 aromatic carbocycles. The Morgan fingerprint density at radius 1 is 1.46 bits per heavy atom. The molecule has 1 aliphatic carbocycles. The molecule has 2 nitrogen and oxygen atoms in total. The van der Waals surface area contributed by atoms with Gasteiger partial charge in [-0.05, 0) is 19.8 Å². The number of ketones is 1. The molecule has 13 heavy (non-hydrogen) atoms. The predicted octanol–water partition coefficient (Wildman–Crippen LogP) is 2.96. The van der Waals surface area contributed by atoms with E-state index >= 15 is 0 Å². The molecule has 1 aliphatic rings. The van der Waals surface area contributed by atoms with Gasteiger partial charge in [0.15, 0.2) is 5.70 Å². The fourth-order valence-corrected chi connectivity index (χ4v) is 1.92. The van der Waals surface area contributed by atoms with E-state index in [0.29, 0.717) is 12.1 Å². The van der Waals surface area contributed by atoms with Crippen LogP contribution in [0.2, 0.25) is 0 Å². The molecule has 0 aliphatic heterocycles. The van der Waals surface area contributed by atoms with Crippen molar-refractivity contribution in [1.29, 1.82) is 0 Å². The zero-order valence-corrected chi connectivity index (χ0v) is 8.48. The van der Waals surface area contributed by atoms with Crippen LogP contribution >= 0.6 is 0 Å². The van der Waals surface area contributed by atoms with Crippen LogP contribution in [-0.4, -0.2) is 5.78 Å². The van der Waals surface area contributed by atoms with Crippen molar-refractivity contribution in [2.24, 2.45) is 5.41 Å². The largest absolute Gasteiger partial charge is 0.299 e. The first kappa shape index (κ1) is 9.98. The second-order valence-corrected chi connectivity index (χ2v) is 4.08. The Kier molecular flexibility index (Phi) is 2.56. The van der Waals surface area contributed by atoms with Crippen LogP contribution in [0.25, 0.3) is 4.85 Å². The lowest BCUT2D eigenvalue weighted by atomic mass is 9.71. The SMILES string of the molecule is [C-]#[N+]/C(C)=C1/CCCC(=O)C1(C)C. The predicted molar refractivity (Wildman–Crippen MR) is 51.9 cm³/mol. The molecule has 0 atom stereocenters. The minimum absolute atomic E-state index is 0.275. The highest BCUT2D eigenvalue weighted by atomic mass is 16.1. The maximum Gasteiger partial charge on any atom is 0.162 e. The molecule has 0 saturated heterocycles. The summed E-state index contributed by atoms with van der Waals surface area (Å²) in [7, 11) is 0. The van der Waals surface area contributed by atoms with Gasteiger partial charge in [-0.2, -0.15) is 0 Å². The summed E-state index contributed by atoms with van der Waals surface area (Å²) in [5.41, 5.74) is 1.35. The van der Waals surface area contributed by atoms with Crippen molar-refractivity contribution in [3.8, 4) is 0 Å². The third-order valence-electron chi connectivity index (χ3n) is 2.89. The molecule has 0 unspecified atom stereocenters. The minimum Gasteiger partial charge on any atom is -0.299 e. The third-order valence-corrected chi connectivity index (χ3v) is 2.89. The zero-order chi connectivity index (χ0) is 10.1. The van der Waals surface area contributed by atoms with E-state index in [-0.39, 0.29) is 5.78 Å². The van der Waals surface area contributed by atoms with Crippen LogP contribution in [0.5, 0.6) is 0 Å². The molecule has 1 saturated carbocycles. The van der Waals surface area contributed by atoms with Crippen LogP contribution in [-0.2, 0) is 4.79 Å². The van der Waals surface area contributed by atoms with Crippen molar-refractivity contribution >= 4 is 5.78 Å². The first-order chi connectivity index (χ1) is 6.00. The fraction of sp³-hybridized carbons (Fsp3) is 0.636. The van der Waals surface area contributed by atoms with E-state index in [9.17, 15) is 4.79 Å². The average molecular weight is 177 g/mol. The van der Waals surface area contributed by atoms with Crippen LogP contribution < -0.4 is 0 Å². The second kappa shape index (κ2) is 3.33. The van der Waals surface area contributed by atoms with Crippen LogP contribution in [0, 0.1) is 12.0 Å². The number of hydrogen-bond donors (Lipinski definition) is 0. The quantitative estimate of drug-likeness (QED) is 0.521. The summed E-state index contributed by atoms with van der Waals surface area (Å²) in [6.07, 6.45) is 2.49. The van der Waals surface area contributed by atoms with E-state index in [1.165, 1.54) is 0 Å².